The van der Waals surface area contributed by atoms with Gasteiger partial charge in [0.15, 0.2) is 0 Å². The topological polar surface area (TPSA) is 74.2 Å². The monoisotopic (exact) mass is 462 g/mol. The summed E-state index contributed by atoms with van der Waals surface area (Å²) in [5.41, 5.74) is 1.36. The van der Waals surface area contributed by atoms with Gasteiger partial charge in [0.1, 0.15) is 23.0 Å². The average Bonchev–Trinajstić information content (AvgIpc) is 2.84. The average molecular weight is 462 g/mol. The molecule has 4 aromatic carbocycles. The summed E-state index contributed by atoms with van der Waals surface area (Å²) in [7, 11) is -4.27. The summed E-state index contributed by atoms with van der Waals surface area (Å²) < 4.78 is 34.3. The van der Waals surface area contributed by atoms with Crippen LogP contribution in [-0.2, 0) is 26.8 Å². The highest BCUT2D eigenvalue weighted by molar-refractivity contribution is 7.47. The van der Waals surface area contributed by atoms with Crippen molar-refractivity contribution in [2.45, 2.75) is 13.2 Å². The lowest BCUT2D eigenvalue weighted by Gasteiger charge is -2.13. The molecule has 0 atom stereocenters. The zero-order valence-corrected chi connectivity index (χ0v) is 18.6. The fourth-order valence-corrected chi connectivity index (χ4v) is 3.70. The molecule has 0 heterocycles. The van der Waals surface area contributed by atoms with E-state index in [1.54, 1.807) is 48.5 Å². The predicted molar refractivity (Wildman–Crippen MR) is 125 cm³/mol. The van der Waals surface area contributed by atoms with E-state index < -0.39 is 7.82 Å². The third-order valence-corrected chi connectivity index (χ3v) is 5.45. The van der Waals surface area contributed by atoms with Gasteiger partial charge in [0.05, 0.1) is 13.2 Å². The third-order valence-electron chi connectivity index (χ3n) is 4.54. The van der Waals surface area contributed by atoms with Crippen LogP contribution in [0, 0.1) is 0 Å². The number of para-hydroxylation sites is 2. The van der Waals surface area contributed by atoms with Crippen molar-refractivity contribution in [3.05, 3.63) is 120 Å². The van der Waals surface area contributed by atoms with E-state index in [2.05, 4.69) is 0 Å². The van der Waals surface area contributed by atoms with Gasteiger partial charge in [0.25, 0.3) is 0 Å². The molecule has 0 aliphatic rings. The fourth-order valence-electron chi connectivity index (χ4n) is 3.00. The molecule has 0 aliphatic heterocycles. The second-order valence-corrected chi connectivity index (χ2v) is 8.59. The van der Waals surface area contributed by atoms with Gasteiger partial charge in [-0.1, -0.05) is 60.7 Å². The molecule has 0 amide bonds. The minimum absolute atomic E-state index is 0.100. The molecule has 0 saturated carbocycles. The Kier molecular flexibility index (Phi) is 7.55. The van der Waals surface area contributed by atoms with Gasteiger partial charge >= 0.3 is 7.82 Å². The van der Waals surface area contributed by atoms with Crippen LogP contribution in [0.3, 0.4) is 0 Å². The van der Waals surface area contributed by atoms with Crippen molar-refractivity contribution in [3.8, 4) is 23.0 Å². The Morgan fingerprint density at radius 2 is 0.939 bits per heavy atom. The van der Waals surface area contributed by atoms with Crippen LogP contribution in [0.15, 0.2) is 109 Å². The van der Waals surface area contributed by atoms with Gasteiger partial charge in [-0.05, 0) is 59.7 Å². The Bertz CT molecular complexity index is 1120. The maximum absolute atomic E-state index is 12.4. The van der Waals surface area contributed by atoms with E-state index in [0.717, 1.165) is 0 Å². The summed E-state index contributed by atoms with van der Waals surface area (Å²) in [5.74, 6) is 2.60. The molecule has 1 N–H and O–H groups in total. The Morgan fingerprint density at radius 1 is 0.545 bits per heavy atom. The molecule has 0 radical (unpaired) electrons. The van der Waals surface area contributed by atoms with Crippen molar-refractivity contribution < 1.29 is 28.0 Å². The minimum atomic E-state index is -4.27. The van der Waals surface area contributed by atoms with Crippen molar-refractivity contribution >= 4 is 7.82 Å². The first-order valence-electron chi connectivity index (χ1n) is 10.3. The number of hydrogen-bond acceptors (Lipinski definition) is 5. The molecule has 0 aromatic heterocycles. The van der Waals surface area contributed by atoms with E-state index in [4.69, 9.17) is 18.5 Å². The first kappa shape index (κ1) is 22.8. The Morgan fingerprint density at radius 3 is 1.36 bits per heavy atom. The molecular weight excluding hydrogens is 439 g/mol. The Balaban J connectivity index is 1.30. The summed E-state index contributed by atoms with van der Waals surface area (Å²) in [6, 6.07) is 33.0. The highest BCUT2D eigenvalue weighted by Gasteiger charge is 2.21. The van der Waals surface area contributed by atoms with Crippen LogP contribution in [0.1, 0.15) is 11.1 Å². The molecule has 4 aromatic rings. The maximum atomic E-state index is 12.4. The van der Waals surface area contributed by atoms with Crippen molar-refractivity contribution in [2.75, 3.05) is 0 Å². The largest absolute Gasteiger partial charge is 0.472 e. The lowest BCUT2D eigenvalue weighted by Crippen LogP contribution is -1.97. The van der Waals surface area contributed by atoms with Gasteiger partial charge in [-0.25, -0.2) is 4.57 Å². The maximum Gasteiger partial charge on any atom is 0.472 e. The first-order chi connectivity index (χ1) is 16.1. The van der Waals surface area contributed by atoms with Crippen LogP contribution in [0.4, 0.5) is 0 Å². The lowest BCUT2D eigenvalue weighted by atomic mass is 10.2. The molecule has 0 spiro atoms. The summed E-state index contributed by atoms with van der Waals surface area (Å²) in [6.07, 6.45) is 0. The molecule has 6 nitrogen and oxygen atoms in total. The molecule has 0 fully saturated rings. The van der Waals surface area contributed by atoms with Gasteiger partial charge in [0, 0.05) is 0 Å². The van der Waals surface area contributed by atoms with Crippen LogP contribution in [0.5, 0.6) is 23.0 Å². The van der Waals surface area contributed by atoms with Crippen LogP contribution in [-0.4, -0.2) is 4.89 Å². The number of phosphoric acid groups is 1. The van der Waals surface area contributed by atoms with Crippen LogP contribution in [0.25, 0.3) is 0 Å². The predicted octanol–water partition coefficient (Wildman–Crippen LogP) is 7.11. The number of phosphoric ester groups is 1. The highest BCUT2D eigenvalue weighted by Crippen LogP contribution is 2.45. The van der Waals surface area contributed by atoms with E-state index in [-0.39, 0.29) is 13.2 Å². The lowest BCUT2D eigenvalue weighted by molar-refractivity contribution is 0.137. The number of benzene rings is 4. The molecule has 0 bridgehead atoms. The molecular formula is C26H23O6P. The van der Waals surface area contributed by atoms with E-state index in [1.165, 1.54) is 0 Å². The van der Waals surface area contributed by atoms with Crippen molar-refractivity contribution in [1.82, 2.24) is 0 Å². The zero-order valence-electron chi connectivity index (χ0n) is 17.7. The summed E-state index contributed by atoms with van der Waals surface area (Å²) in [4.78, 5) is 10.1. The van der Waals surface area contributed by atoms with E-state index >= 15 is 0 Å². The highest BCUT2D eigenvalue weighted by atomic mass is 31.2. The molecule has 4 rings (SSSR count). The second kappa shape index (κ2) is 10.9. The standard InChI is InChI=1S/C26H23O6P/c27-33(28,29-19-21-9-7-15-25(17-21)31-23-11-3-1-4-12-23)30-20-22-10-8-16-26(18-22)32-24-13-5-2-6-14-24/h1-18H,19-20H2,(H,27,28). The van der Waals surface area contributed by atoms with Crippen LogP contribution < -0.4 is 9.47 Å². The van der Waals surface area contributed by atoms with Crippen molar-refractivity contribution in [1.29, 1.82) is 0 Å². The molecule has 7 heteroatoms. The van der Waals surface area contributed by atoms with Crippen LogP contribution >= 0.6 is 7.82 Å². The first-order valence-corrected chi connectivity index (χ1v) is 11.8. The molecule has 0 saturated heterocycles. The Labute approximate surface area is 192 Å². The van der Waals surface area contributed by atoms with Crippen molar-refractivity contribution in [2.24, 2.45) is 0 Å². The van der Waals surface area contributed by atoms with Crippen LogP contribution in [0.2, 0.25) is 0 Å². The van der Waals surface area contributed by atoms with E-state index in [9.17, 15) is 9.46 Å². The second-order valence-electron chi connectivity index (χ2n) is 7.14. The summed E-state index contributed by atoms with van der Waals surface area (Å²) in [5, 5.41) is 0. The van der Waals surface area contributed by atoms with E-state index in [1.807, 2.05) is 60.7 Å². The van der Waals surface area contributed by atoms with Gasteiger partial charge in [-0.2, -0.15) is 0 Å². The normalized spacial score (nSPS) is 11.2. The minimum Gasteiger partial charge on any atom is -0.457 e. The summed E-state index contributed by atoms with van der Waals surface area (Å²) in [6.45, 7) is -0.201. The van der Waals surface area contributed by atoms with Gasteiger partial charge in [0.2, 0.25) is 0 Å². The Hall–Kier alpha value is -3.41. The molecule has 0 unspecified atom stereocenters. The SMILES string of the molecule is O=P(O)(OCc1cccc(Oc2ccccc2)c1)OCc1cccc(Oc2ccccc2)c1. The number of hydrogen-bond donors (Lipinski definition) is 1. The quantitative estimate of drug-likeness (QED) is 0.253. The molecule has 33 heavy (non-hydrogen) atoms. The van der Waals surface area contributed by atoms with Gasteiger partial charge in [-0.15, -0.1) is 0 Å². The van der Waals surface area contributed by atoms with Gasteiger partial charge < -0.3 is 14.4 Å². The fraction of sp³-hybridized carbons (Fsp3) is 0.0769. The molecule has 0 aliphatic carbocycles. The van der Waals surface area contributed by atoms with Gasteiger partial charge in [-0.3, -0.25) is 9.05 Å². The number of rotatable bonds is 10. The third kappa shape index (κ3) is 7.31. The molecule has 168 valence electrons. The van der Waals surface area contributed by atoms with E-state index in [0.29, 0.717) is 34.1 Å². The van der Waals surface area contributed by atoms with Crippen molar-refractivity contribution in [3.63, 3.8) is 0 Å². The zero-order chi connectivity index (χ0) is 22.9. The summed E-state index contributed by atoms with van der Waals surface area (Å²) >= 11 is 0. The number of ether oxygens (including phenoxy) is 2. The smallest absolute Gasteiger partial charge is 0.457 e.